The number of ether oxygens (including phenoxy) is 1. The van der Waals surface area contributed by atoms with E-state index in [1.807, 2.05) is 12.1 Å². The van der Waals surface area contributed by atoms with E-state index in [4.69, 9.17) is 21.4 Å². The summed E-state index contributed by atoms with van der Waals surface area (Å²) < 4.78 is 5.33. The molecule has 2 aromatic rings. The smallest absolute Gasteiger partial charge is 0.339 e. The van der Waals surface area contributed by atoms with E-state index in [9.17, 15) is 9.59 Å². The molecule has 0 heterocycles. The topological polar surface area (TPSA) is 63.6 Å². The summed E-state index contributed by atoms with van der Waals surface area (Å²) >= 11 is 5.91. The van der Waals surface area contributed by atoms with E-state index in [-0.39, 0.29) is 11.1 Å². The Labute approximate surface area is 133 Å². The maximum Gasteiger partial charge on any atom is 0.339 e. The lowest BCUT2D eigenvalue weighted by molar-refractivity contribution is 0.0336. The Balaban J connectivity index is 2.07. The van der Waals surface area contributed by atoms with E-state index in [1.165, 1.54) is 12.1 Å². The Morgan fingerprint density at radius 3 is 2.45 bits per heavy atom. The van der Waals surface area contributed by atoms with Crippen LogP contribution >= 0.6 is 11.6 Å². The Morgan fingerprint density at radius 2 is 1.82 bits per heavy atom. The van der Waals surface area contributed by atoms with Gasteiger partial charge in [-0.1, -0.05) is 35.9 Å². The van der Waals surface area contributed by atoms with Crippen LogP contribution in [0.3, 0.4) is 0 Å². The fourth-order valence-electron chi connectivity index (χ4n) is 2.13. The van der Waals surface area contributed by atoms with Crippen LogP contribution in [0.2, 0.25) is 5.02 Å². The summed E-state index contributed by atoms with van der Waals surface area (Å²) in [5, 5.41) is 9.71. The average Bonchev–Trinajstić information content (AvgIpc) is 2.47. The van der Waals surface area contributed by atoms with E-state index in [2.05, 4.69) is 0 Å². The first-order valence-corrected chi connectivity index (χ1v) is 7.13. The highest BCUT2D eigenvalue weighted by molar-refractivity contribution is 6.30. The summed E-state index contributed by atoms with van der Waals surface area (Å²) in [4.78, 5) is 23.2. The fourth-order valence-corrected chi connectivity index (χ4v) is 2.34. The van der Waals surface area contributed by atoms with Gasteiger partial charge in [0.05, 0.1) is 11.1 Å². The van der Waals surface area contributed by atoms with E-state index < -0.39 is 18.0 Å². The van der Waals surface area contributed by atoms with Crippen molar-refractivity contribution in [1.29, 1.82) is 0 Å². The average molecular weight is 319 g/mol. The van der Waals surface area contributed by atoms with Gasteiger partial charge >= 0.3 is 11.9 Å². The van der Waals surface area contributed by atoms with Gasteiger partial charge in [-0.25, -0.2) is 9.59 Å². The minimum atomic E-state index is -1.16. The minimum Gasteiger partial charge on any atom is -0.478 e. The molecule has 1 N–H and O–H groups in total. The lowest BCUT2D eigenvalue weighted by Gasteiger charge is -2.14. The third-order valence-electron chi connectivity index (χ3n) is 3.10. The molecule has 0 aliphatic rings. The molecule has 114 valence electrons. The van der Waals surface area contributed by atoms with Crippen LogP contribution in [0.5, 0.6) is 0 Å². The van der Waals surface area contributed by atoms with Gasteiger partial charge in [-0.05, 0) is 36.8 Å². The second kappa shape index (κ2) is 7.09. The molecule has 2 rings (SSSR count). The van der Waals surface area contributed by atoms with Crippen molar-refractivity contribution in [1.82, 2.24) is 0 Å². The molecule has 22 heavy (non-hydrogen) atoms. The van der Waals surface area contributed by atoms with Crippen LogP contribution in [0.4, 0.5) is 0 Å². The second-order valence-corrected chi connectivity index (χ2v) is 5.34. The molecule has 0 radical (unpaired) electrons. The molecule has 0 fully saturated rings. The molecule has 0 aromatic heterocycles. The normalized spacial score (nSPS) is 11.7. The summed E-state index contributed by atoms with van der Waals surface area (Å²) in [5.41, 5.74) is 0.926. The number of hydrogen-bond acceptors (Lipinski definition) is 3. The first kappa shape index (κ1) is 16.0. The molecule has 1 atom stereocenters. The van der Waals surface area contributed by atoms with Crippen molar-refractivity contribution in [2.24, 2.45) is 0 Å². The molecule has 0 spiro atoms. The van der Waals surface area contributed by atoms with Crippen molar-refractivity contribution in [3.05, 3.63) is 70.2 Å². The van der Waals surface area contributed by atoms with Gasteiger partial charge in [-0.15, -0.1) is 0 Å². The monoisotopic (exact) mass is 318 g/mol. The molecule has 2 aromatic carbocycles. The standard InChI is InChI=1S/C17H15ClO4/c1-11(9-12-5-4-6-13(18)10-12)22-17(21)15-8-3-2-7-14(15)16(19)20/h2-8,10-11H,9H2,1H3,(H,19,20). The number of rotatable bonds is 5. The van der Waals surface area contributed by atoms with E-state index in [1.54, 1.807) is 31.2 Å². The highest BCUT2D eigenvalue weighted by Crippen LogP contribution is 2.15. The Bertz CT molecular complexity index is 697. The van der Waals surface area contributed by atoms with Crippen molar-refractivity contribution < 1.29 is 19.4 Å². The Kier molecular flexibility index (Phi) is 5.17. The van der Waals surface area contributed by atoms with Crippen LogP contribution in [0.1, 0.15) is 33.2 Å². The quantitative estimate of drug-likeness (QED) is 0.851. The summed E-state index contributed by atoms with van der Waals surface area (Å²) in [6, 6.07) is 13.3. The lowest BCUT2D eigenvalue weighted by atomic mass is 10.1. The lowest BCUT2D eigenvalue weighted by Crippen LogP contribution is -2.19. The first-order valence-electron chi connectivity index (χ1n) is 6.75. The number of carbonyl (C=O) groups is 2. The van der Waals surface area contributed by atoms with Gasteiger partial charge in [-0.2, -0.15) is 0 Å². The molecular weight excluding hydrogens is 304 g/mol. The summed E-state index contributed by atoms with van der Waals surface area (Å²) in [5.74, 6) is -1.80. The molecule has 5 heteroatoms. The van der Waals surface area contributed by atoms with Gasteiger partial charge in [0.25, 0.3) is 0 Å². The van der Waals surface area contributed by atoms with Crippen molar-refractivity contribution in [2.45, 2.75) is 19.4 Å². The van der Waals surface area contributed by atoms with Gasteiger partial charge in [0.1, 0.15) is 6.10 Å². The molecule has 0 amide bonds. The number of carboxylic acid groups (broad SMARTS) is 1. The predicted molar refractivity (Wildman–Crippen MR) is 83.4 cm³/mol. The molecule has 4 nitrogen and oxygen atoms in total. The zero-order chi connectivity index (χ0) is 16.1. The molecule has 0 bridgehead atoms. The van der Waals surface area contributed by atoms with Crippen molar-refractivity contribution in [3.8, 4) is 0 Å². The van der Waals surface area contributed by atoms with Gasteiger partial charge in [0.15, 0.2) is 0 Å². The van der Waals surface area contributed by atoms with Gasteiger partial charge in [-0.3, -0.25) is 0 Å². The van der Waals surface area contributed by atoms with Crippen molar-refractivity contribution >= 4 is 23.5 Å². The summed E-state index contributed by atoms with van der Waals surface area (Å²) in [7, 11) is 0. The van der Waals surface area contributed by atoms with Crippen LogP contribution in [0, 0.1) is 0 Å². The highest BCUT2D eigenvalue weighted by Gasteiger charge is 2.19. The van der Waals surface area contributed by atoms with Crippen LogP contribution in [-0.4, -0.2) is 23.1 Å². The van der Waals surface area contributed by atoms with E-state index in [0.29, 0.717) is 11.4 Å². The Morgan fingerprint density at radius 1 is 1.14 bits per heavy atom. The number of aromatic carboxylic acids is 1. The first-order chi connectivity index (χ1) is 10.5. The molecule has 0 saturated heterocycles. The van der Waals surface area contributed by atoms with Crippen LogP contribution in [-0.2, 0) is 11.2 Å². The van der Waals surface area contributed by atoms with Crippen LogP contribution < -0.4 is 0 Å². The van der Waals surface area contributed by atoms with Gasteiger partial charge in [0, 0.05) is 11.4 Å². The fraction of sp³-hybridized carbons (Fsp3) is 0.176. The minimum absolute atomic E-state index is 0.0490. The number of esters is 1. The summed E-state index contributed by atoms with van der Waals surface area (Å²) in [6.45, 7) is 1.75. The van der Waals surface area contributed by atoms with Gasteiger partial charge < -0.3 is 9.84 Å². The molecule has 0 saturated carbocycles. The zero-order valence-electron chi connectivity index (χ0n) is 12.0. The van der Waals surface area contributed by atoms with Crippen molar-refractivity contribution in [3.63, 3.8) is 0 Å². The van der Waals surface area contributed by atoms with E-state index in [0.717, 1.165) is 5.56 Å². The summed E-state index contributed by atoms with van der Waals surface area (Å²) in [6.07, 6.45) is 0.106. The number of benzene rings is 2. The molecular formula is C17H15ClO4. The highest BCUT2D eigenvalue weighted by atomic mass is 35.5. The SMILES string of the molecule is CC(Cc1cccc(Cl)c1)OC(=O)c1ccccc1C(=O)O. The maximum absolute atomic E-state index is 12.1. The van der Waals surface area contributed by atoms with E-state index >= 15 is 0 Å². The predicted octanol–water partition coefficient (Wildman–Crippen LogP) is 3.83. The van der Waals surface area contributed by atoms with Crippen LogP contribution in [0.15, 0.2) is 48.5 Å². The molecule has 0 aliphatic carbocycles. The third kappa shape index (κ3) is 4.09. The maximum atomic E-state index is 12.1. The van der Waals surface area contributed by atoms with Crippen LogP contribution in [0.25, 0.3) is 0 Å². The number of carbonyl (C=O) groups excluding carboxylic acids is 1. The number of halogens is 1. The van der Waals surface area contributed by atoms with Crippen molar-refractivity contribution in [2.75, 3.05) is 0 Å². The third-order valence-corrected chi connectivity index (χ3v) is 3.33. The Hall–Kier alpha value is -2.33. The number of hydrogen-bond donors (Lipinski definition) is 1. The number of carboxylic acids is 1. The molecule has 1 unspecified atom stereocenters. The second-order valence-electron chi connectivity index (χ2n) is 4.90. The largest absolute Gasteiger partial charge is 0.478 e. The molecule has 0 aliphatic heterocycles. The zero-order valence-corrected chi connectivity index (χ0v) is 12.7. The van der Waals surface area contributed by atoms with Gasteiger partial charge in [0.2, 0.25) is 0 Å².